The Labute approximate surface area is 202 Å². The minimum absolute atomic E-state index is 0.0528. The summed E-state index contributed by atoms with van der Waals surface area (Å²) >= 11 is 1.26. The third kappa shape index (κ3) is 4.58. The maximum atomic E-state index is 13.7. The van der Waals surface area contributed by atoms with Crippen LogP contribution in [0.2, 0.25) is 0 Å². The molecule has 1 fully saturated rings. The number of thioether (sulfide) groups is 1. The smallest absolute Gasteiger partial charge is 0.194 e. The highest BCUT2D eigenvalue weighted by Crippen LogP contribution is 2.36. The summed E-state index contributed by atoms with van der Waals surface area (Å²) in [7, 11) is 0. The summed E-state index contributed by atoms with van der Waals surface area (Å²) in [5.41, 5.74) is 3.72. The zero-order chi connectivity index (χ0) is 24.7. The van der Waals surface area contributed by atoms with Gasteiger partial charge in [-0.1, -0.05) is 42.1 Å². The van der Waals surface area contributed by atoms with E-state index in [1.54, 1.807) is 0 Å². The molecule has 11 heteroatoms. The van der Waals surface area contributed by atoms with Gasteiger partial charge >= 0.3 is 0 Å². The Kier molecular flexibility index (Phi) is 6.62. The number of nitrogens with one attached hydrogen (secondary N) is 1. The van der Waals surface area contributed by atoms with Crippen LogP contribution in [0.15, 0.2) is 65.7 Å². The van der Waals surface area contributed by atoms with Crippen LogP contribution in [0.4, 0.5) is 13.2 Å². The number of fused-ring (bicyclic) bond motifs is 1. The van der Waals surface area contributed by atoms with E-state index in [0.717, 1.165) is 27.8 Å². The second kappa shape index (κ2) is 9.69. The SMILES string of the molecule is OCC1OC(Sc2ccc3ccccc3c2)C(O)C(N2C=C(c3cc(F)c(F)c(F)c3)N[NH2+]2)C1O. The van der Waals surface area contributed by atoms with Crippen LogP contribution in [0.5, 0.6) is 0 Å². The molecule has 7 nitrogen and oxygen atoms in total. The summed E-state index contributed by atoms with van der Waals surface area (Å²) in [5, 5.41) is 35.3. The van der Waals surface area contributed by atoms with Gasteiger partial charge in [-0.05, 0) is 35.0 Å². The number of aliphatic hydroxyl groups is 3. The summed E-state index contributed by atoms with van der Waals surface area (Å²) in [4.78, 5) is 0.830. The first-order valence-electron chi connectivity index (χ1n) is 10.9. The third-order valence-electron chi connectivity index (χ3n) is 6.11. The van der Waals surface area contributed by atoms with E-state index in [1.807, 2.05) is 42.5 Å². The number of quaternary nitrogens is 1. The third-order valence-corrected chi connectivity index (χ3v) is 7.26. The lowest BCUT2D eigenvalue weighted by Crippen LogP contribution is -2.99. The fourth-order valence-corrected chi connectivity index (χ4v) is 5.41. The highest BCUT2D eigenvalue weighted by Gasteiger charge is 2.49. The molecule has 5 unspecified atom stereocenters. The first-order chi connectivity index (χ1) is 16.9. The molecule has 0 spiro atoms. The molecule has 1 saturated heterocycles. The summed E-state index contributed by atoms with van der Waals surface area (Å²) < 4.78 is 46.6. The lowest BCUT2D eigenvalue weighted by Gasteiger charge is -2.43. The van der Waals surface area contributed by atoms with Gasteiger partial charge < -0.3 is 20.1 Å². The van der Waals surface area contributed by atoms with Crippen LogP contribution in [0, 0.1) is 17.5 Å². The number of halogens is 3. The van der Waals surface area contributed by atoms with Crippen LogP contribution in [-0.2, 0) is 4.74 Å². The van der Waals surface area contributed by atoms with E-state index < -0.39 is 53.8 Å². The van der Waals surface area contributed by atoms with Crippen molar-refractivity contribution in [3.8, 4) is 0 Å². The molecule has 2 aliphatic heterocycles. The van der Waals surface area contributed by atoms with E-state index in [1.165, 1.54) is 28.5 Å². The van der Waals surface area contributed by atoms with Crippen molar-refractivity contribution in [1.29, 1.82) is 0 Å². The highest BCUT2D eigenvalue weighted by molar-refractivity contribution is 7.99. The minimum Gasteiger partial charge on any atom is -0.394 e. The lowest BCUT2D eigenvalue weighted by molar-refractivity contribution is -0.829. The largest absolute Gasteiger partial charge is 0.394 e. The molecule has 184 valence electrons. The Morgan fingerprint density at radius 2 is 1.69 bits per heavy atom. The van der Waals surface area contributed by atoms with Crippen LogP contribution < -0.4 is 11.0 Å². The number of aliphatic hydroxyl groups excluding tert-OH is 3. The topological polar surface area (TPSA) is 102 Å². The molecular weight excluding hydrogens is 483 g/mol. The normalized spacial score (nSPS) is 26.6. The average molecular weight is 507 g/mol. The van der Waals surface area contributed by atoms with Gasteiger partial charge in [0.1, 0.15) is 35.5 Å². The predicted octanol–water partition coefficient (Wildman–Crippen LogP) is 1.45. The van der Waals surface area contributed by atoms with E-state index in [4.69, 9.17) is 4.74 Å². The molecule has 3 aromatic rings. The number of ether oxygens (including phenoxy) is 1. The van der Waals surface area contributed by atoms with Crippen molar-refractivity contribution in [2.24, 2.45) is 0 Å². The summed E-state index contributed by atoms with van der Waals surface area (Å²) in [6.07, 6.45) is -2.02. The van der Waals surface area contributed by atoms with Crippen molar-refractivity contribution in [2.75, 3.05) is 6.61 Å². The van der Waals surface area contributed by atoms with Gasteiger partial charge in [0.2, 0.25) is 0 Å². The molecule has 35 heavy (non-hydrogen) atoms. The fraction of sp³-hybridized carbons (Fsp3) is 0.250. The Bertz CT molecular complexity index is 1260. The van der Waals surface area contributed by atoms with Crippen molar-refractivity contribution in [2.45, 2.75) is 34.7 Å². The van der Waals surface area contributed by atoms with Gasteiger partial charge in [0.25, 0.3) is 0 Å². The molecular formula is C24H23F3N3O4S+. The molecule has 3 aromatic carbocycles. The predicted molar refractivity (Wildman–Crippen MR) is 123 cm³/mol. The van der Waals surface area contributed by atoms with Crippen LogP contribution >= 0.6 is 11.8 Å². The number of hydrogen-bond acceptors (Lipinski definition) is 7. The zero-order valence-electron chi connectivity index (χ0n) is 18.2. The highest BCUT2D eigenvalue weighted by atomic mass is 32.2. The van der Waals surface area contributed by atoms with Crippen molar-refractivity contribution in [3.63, 3.8) is 0 Å². The van der Waals surface area contributed by atoms with Gasteiger partial charge in [0, 0.05) is 10.5 Å². The van der Waals surface area contributed by atoms with E-state index >= 15 is 0 Å². The first kappa shape index (κ1) is 23.9. The van der Waals surface area contributed by atoms with E-state index in [2.05, 4.69) is 5.43 Å². The van der Waals surface area contributed by atoms with Crippen LogP contribution in [0.3, 0.4) is 0 Å². The summed E-state index contributed by atoms with van der Waals surface area (Å²) in [6, 6.07) is 14.4. The van der Waals surface area contributed by atoms with Crippen molar-refractivity contribution in [3.05, 3.63) is 83.8 Å². The molecule has 0 aromatic heterocycles. The van der Waals surface area contributed by atoms with Gasteiger partial charge in [-0.25, -0.2) is 18.6 Å². The minimum atomic E-state index is -1.57. The molecule has 0 saturated carbocycles. The second-order valence-corrected chi connectivity index (χ2v) is 9.51. The zero-order valence-corrected chi connectivity index (χ0v) is 19.0. The standard InChI is InChI=1S/C24H22F3N3O4S/c25-16-8-14(9-17(26)20(16)27)18-10-30(29-28-18)21-22(32)19(11-31)34-24(23(21)33)35-15-6-5-12-3-1-2-4-13(12)7-15/h1-10,19,21-24,28-29,31-33H,11H2/p+1. The molecule has 2 heterocycles. The van der Waals surface area contributed by atoms with Crippen molar-refractivity contribution in [1.82, 2.24) is 10.4 Å². The van der Waals surface area contributed by atoms with Crippen LogP contribution in [0.25, 0.3) is 16.5 Å². The van der Waals surface area contributed by atoms with Gasteiger partial charge in [-0.2, -0.15) is 5.01 Å². The molecule has 0 bridgehead atoms. The van der Waals surface area contributed by atoms with Crippen LogP contribution in [0.1, 0.15) is 5.56 Å². The monoisotopic (exact) mass is 506 g/mol. The fourth-order valence-electron chi connectivity index (χ4n) is 4.30. The van der Waals surface area contributed by atoms with E-state index in [9.17, 15) is 28.5 Å². The van der Waals surface area contributed by atoms with Gasteiger partial charge in [-0.15, -0.1) is 5.53 Å². The molecule has 0 amide bonds. The quantitative estimate of drug-likeness (QED) is 0.264. The Morgan fingerprint density at radius 1 is 0.971 bits per heavy atom. The average Bonchev–Trinajstić information content (AvgIpc) is 3.34. The molecule has 5 atom stereocenters. The summed E-state index contributed by atoms with van der Waals surface area (Å²) in [5.74, 6) is -4.23. The van der Waals surface area contributed by atoms with Crippen molar-refractivity contribution >= 4 is 28.2 Å². The summed E-state index contributed by atoms with van der Waals surface area (Å²) in [6.45, 7) is -0.481. The maximum absolute atomic E-state index is 13.7. The maximum Gasteiger partial charge on any atom is 0.194 e. The number of nitrogens with two attached hydrogens (primary N) is 1. The lowest BCUT2D eigenvalue weighted by atomic mass is 9.97. The Morgan fingerprint density at radius 3 is 2.40 bits per heavy atom. The number of nitrogens with zero attached hydrogens (tertiary/aromatic N) is 1. The van der Waals surface area contributed by atoms with E-state index in [-0.39, 0.29) is 11.3 Å². The number of benzene rings is 3. The van der Waals surface area contributed by atoms with Crippen LogP contribution in [-0.4, -0.2) is 56.7 Å². The second-order valence-electron chi connectivity index (χ2n) is 8.34. The first-order valence-corrected chi connectivity index (χ1v) is 11.8. The van der Waals surface area contributed by atoms with Gasteiger partial charge in [0.05, 0.1) is 12.8 Å². The van der Waals surface area contributed by atoms with Gasteiger partial charge in [0.15, 0.2) is 17.5 Å². The van der Waals surface area contributed by atoms with Crippen molar-refractivity contribution < 1.29 is 38.8 Å². The molecule has 0 radical (unpaired) electrons. The van der Waals surface area contributed by atoms with Gasteiger partial charge in [-0.3, -0.25) is 0 Å². The Balaban J connectivity index is 1.40. The molecule has 5 rings (SSSR count). The molecule has 6 N–H and O–H groups in total. The van der Waals surface area contributed by atoms with E-state index in [0.29, 0.717) is 0 Å². The molecule has 2 aliphatic rings. The molecule has 0 aliphatic carbocycles. The number of rotatable bonds is 5. The number of hydrogen-bond donors (Lipinski definition) is 5. The Hall–Kier alpha value is -2.80.